The molecule has 0 saturated heterocycles. The maximum atomic E-state index is 4.69. The quantitative estimate of drug-likeness (QED) is 0.277. The van der Waals surface area contributed by atoms with Crippen LogP contribution in [0.5, 0.6) is 0 Å². The van der Waals surface area contributed by atoms with Crippen molar-refractivity contribution < 1.29 is 0 Å². The number of hydrogen-bond acceptors (Lipinski definition) is 2. The molecule has 4 atom stereocenters. The molecule has 0 spiro atoms. The first kappa shape index (κ1) is 20.7. The van der Waals surface area contributed by atoms with Crippen molar-refractivity contribution in [3.63, 3.8) is 0 Å². The Hall–Kier alpha value is -1.54. The van der Waals surface area contributed by atoms with Crippen LogP contribution in [0.3, 0.4) is 0 Å². The van der Waals surface area contributed by atoms with Crippen molar-refractivity contribution in [2.24, 2.45) is 17.8 Å². The molecule has 1 nitrogen and oxygen atoms in total. The fourth-order valence-electron chi connectivity index (χ4n) is 4.67. The number of hydrogen-bond donors (Lipinski definition) is 0. The highest BCUT2D eigenvalue weighted by Gasteiger charge is 2.38. The fraction of sp³-hybridized carbons (Fsp3) is 0.519. The fourth-order valence-corrected chi connectivity index (χ4v) is 5.42. The van der Waals surface area contributed by atoms with Gasteiger partial charge in [-0.3, -0.25) is 0 Å². The molecule has 2 aromatic rings. The van der Waals surface area contributed by atoms with Gasteiger partial charge >= 0.3 is 0 Å². The molecule has 1 aromatic carbocycles. The molecule has 3 unspecified atom stereocenters. The number of unbranched alkanes of at least 4 members (excludes halogenated alkanes) is 2. The normalized spacial score (nSPS) is 23.6. The minimum atomic E-state index is 0.636. The Bertz CT molecular complexity index is 792. The molecular weight excluding hydrogens is 370 g/mol. The summed E-state index contributed by atoms with van der Waals surface area (Å²) in [6, 6.07) is 13.4. The Morgan fingerprint density at radius 3 is 2.52 bits per heavy atom. The molecule has 0 N–H and O–H groups in total. The number of pyridine rings is 1. The van der Waals surface area contributed by atoms with Crippen LogP contribution in [0, 0.1) is 17.8 Å². The molecule has 1 heterocycles. The van der Waals surface area contributed by atoms with E-state index in [0.717, 1.165) is 29.2 Å². The minimum absolute atomic E-state index is 0.636. The van der Waals surface area contributed by atoms with E-state index >= 15 is 0 Å². The van der Waals surface area contributed by atoms with Gasteiger partial charge in [0.05, 0.1) is 0 Å². The zero-order valence-electron chi connectivity index (χ0n) is 18.0. The molecule has 2 heteroatoms. The van der Waals surface area contributed by atoms with Crippen LogP contribution in [0.2, 0.25) is 0 Å². The van der Waals surface area contributed by atoms with Crippen LogP contribution >= 0.6 is 11.8 Å². The molecule has 2 aliphatic carbocycles. The molecule has 0 radical (unpaired) electrons. The van der Waals surface area contributed by atoms with E-state index < -0.39 is 0 Å². The number of benzene rings is 1. The second kappa shape index (κ2) is 9.98. The summed E-state index contributed by atoms with van der Waals surface area (Å²) < 4.78 is 0. The molecule has 1 fully saturated rings. The maximum absolute atomic E-state index is 4.69. The molecule has 0 bridgehead atoms. The van der Waals surface area contributed by atoms with Crippen LogP contribution < -0.4 is 0 Å². The van der Waals surface area contributed by atoms with Crippen molar-refractivity contribution >= 4 is 11.8 Å². The van der Waals surface area contributed by atoms with E-state index in [-0.39, 0.29) is 0 Å². The van der Waals surface area contributed by atoms with Crippen LogP contribution in [0.4, 0.5) is 0 Å². The maximum Gasteiger partial charge on any atom is 0.101 e. The second-order valence-corrected chi connectivity index (χ2v) is 10.2. The smallest absolute Gasteiger partial charge is 0.101 e. The van der Waals surface area contributed by atoms with E-state index in [1.54, 1.807) is 11.8 Å². The summed E-state index contributed by atoms with van der Waals surface area (Å²) in [5.74, 6) is 3.67. The van der Waals surface area contributed by atoms with Gasteiger partial charge in [-0.2, -0.15) is 0 Å². The lowest BCUT2D eigenvalue weighted by Crippen LogP contribution is -2.00. The largest absolute Gasteiger partial charge is 0.249 e. The van der Waals surface area contributed by atoms with Crippen molar-refractivity contribution in [1.29, 1.82) is 0 Å². The van der Waals surface area contributed by atoms with Crippen molar-refractivity contribution in [2.45, 2.75) is 81.1 Å². The third-order valence-electron chi connectivity index (χ3n) is 6.94. The standard InChI is InChI=1S/C27H35NS/c1-3-22-18-26(22)20(2)8-5-4-6-9-21-12-17-27(28-19-21)29-25-15-13-24(14-16-25)23-10-7-11-23/h7,10,12-17,19-20,22-23,26H,3-6,8-9,11,18H2,1-2H3/t20?,22-,23?,26?/m0/s1. The molecule has 1 saturated carbocycles. The Balaban J connectivity index is 1.15. The molecule has 1 aromatic heterocycles. The van der Waals surface area contributed by atoms with Crippen molar-refractivity contribution in [1.82, 2.24) is 4.98 Å². The Labute approximate surface area is 181 Å². The first-order chi connectivity index (χ1) is 14.2. The number of allylic oxidation sites excluding steroid dienone is 2. The predicted octanol–water partition coefficient (Wildman–Crippen LogP) is 8.06. The first-order valence-electron chi connectivity index (χ1n) is 11.6. The summed E-state index contributed by atoms with van der Waals surface area (Å²) >= 11 is 1.76. The highest BCUT2D eigenvalue weighted by molar-refractivity contribution is 7.99. The van der Waals surface area contributed by atoms with E-state index in [4.69, 9.17) is 0 Å². The van der Waals surface area contributed by atoms with E-state index in [1.807, 2.05) is 0 Å². The van der Waals surface area contributed by atoms with Crippen LogP contribution in [0.25, 0.3) is 0 Å². The summed E-state index contributed by atoms with van der Waals surface area (Å²) in [5, 5.41) is 1.09. The molecule has 2 aliphatic rings. The van der Waals surface area contributed by atoms with Crippen molar-refractivity contribution in [3.05, 3.63) is 65.9 Å². The van der Waals surface area contributed by atoms with Gasteiger partial charge in [0.15, 0.2) is 0 Å². The molecule has 154 valence electrons. The zero-order valence-corrected chi connectivity index (χ0v) is 18.8. The topological polar surface area (TPSA) is 12.9 Å². The molecule has 29 heavy (non-hydrogen) atoms. The van der Waals surface area contributed by atoms with Crippen LogP contribution in [-0.4, -0.2) is 4.98 Å². The monoisotopic (exact) mass is 405 g/mol. The Morgan fingerprint density at radius 1 is 1.07 bits per heavy atom. The van der Waals surface area contributed by atoms with Gasteiger partial charge in [0.2, 0.25) is 0 Å². The summed E-state index contributed by atoms with van der Waals surface area (Å²) in [7, 11) is 0. The van der Waals surface area contributed by atoms with Gasteiger partial charge in [-0.25, -0.2) is 4.98 Å². The SMILES string of the molecule is CC[C@H]1CC1C(C)CCCCCc1ccc(Sc2ccc(C3C=CC3)cc2)nc1. The molecule has 0 aliphatic heterocycles. The number of aromatic nitrogens is 1. The average molecular weight is 406 g/mol. The molecule has 4 rings (SSSR count). The average Bonchev–Trinajstić information content (AvgIpc) is 3.49. The van der Waals surface area contributed by atoms with E-state index in [2.05, 4.69) is 73.6 Å². The van der Waals surface area contributed by atoms with Crippen LogP contribution in [0.15, 0.2) is 64.7 Å². The van der Waals surface area contributed by atoms with Crippen LogP contribution in [-0.2, 0) is 6.42 Å². The van der Waals surface area contributed by atoms with E-state index in [0.29, 0.717) is 5.92 Å². The molecular formula is C27H35NS. The van der Waals surface area contributed by atoms with Gasteiger partial charge < -0.3 is 0 Å². The minimum Gasteiger partial charge on any atom is -0.249 e. The van der Waals surface area contributed by atoms with Gasteiger partial charge in [0, 0.05) is 17.0 Å². The van der Waals surface area contributed by atoms with E-state index in [1.165, 1.54) is 61.0 Å². The lowest BCUT2D eigenvalue weighted by atomic mass is 9.88. The highest BCUT2D eigenvalue weighted by Crippen LogP contribution is 2.47. The first-order valence-corrected chi connectivity index (χ1v) is 12.4. The summed E-state index contributed by atoms with van der Waals surface area (Å²) in [4.78, 5) is 5.96. The highest BCUT2D eigenvalue weighted by atomic mass is 32.2. The summed E-state index contributed by atoms with van der Waals surface area (Å²) in [6.45, 7) is 4.82. The van der Waals surface area contributed by atoms with Gasteiger partial charge in [0.1, 0.15) is 5.03 Å². The Morgan fingerprint density at radius 2 is 1.90 bits per heavy atom. The third-order valence-corrected chi connectivity index (χ3v) is 7.90. The third kappa shape index (κ3) is 5.75. The van der Waals surface area contributed by atoms with Crippen molar-refractivity contribution in [3.8, 4) is 0 Å². The lowest BCUT2D eigenvalue weighted by Gasteiger charge is -2.18. The number of aryl methyl sites for hydroxylation is 1. The van der Waals surface area contributed by atoms with E-state index in [9.17, 15) is 0 Å². The Kier molecular flexibility index (Phi) is 7.13. The predicted molar refractivity (Wildman–Crippen MR) is 125 cm³/mol. The van der Waals surface area contributed by atoms with Crippen LogP contribution in [0.1, 0.15) is 75.8 Å². The van der Waals surface area contributed by atoms with Gasteiger partial charge in [0.25, 0.3) is 0 Å². The van der Waals surface area contributed by atoms with Gasteiger partial charge in [-0.05, 0) is 72.8 Å². The summed E-state index contributed by atoms with van der Waals surface area (Å²) in [5.41, 5.74) is 2.81. The number of rotatable bonds is 11. The van der Waals surface area contributed by atoms with Gasteiger partial charge in [-0.1, -0.05) is 81.6 Å². The lowest BCUT2D eigenvalue weighted by molar-refractivity contribution is 0.417. The second-order valence-electron chi connectivity index (χ2n) is 9.09. The van der Waals surface area contributed by atoms with Gasteiger partial charge in [-0.15, -0.1) is 0 Å². The number of nitrogens with zero attached hydrogens (tertiary/aromatic N) is 1. The molecule has 0 amide bonds. The van der Waals surface area contributed by atoms with Crippen molar-refractivity contribution in [2.75, 3.05) is 0 Å². The summed E-state index contributed by atoms with van der Waals surface area (Å²) in [6.07, 6.45) is 17.3. The zero-order chi connectivity index (χ0) is 20.1.